The van der Waals surface area contributed by atoms with E-state index < -0.39 is 6.17 Å². The van der Waals surface area contributed by atoms with Gasteiger partial charge in [-0.1, -0.05) is 6.42 Å². The first kappa shape index (κ1) is 29.1. The molecule has 0 saturated carbocycles. The van der Waals surface area contributed by atoms with Crippen LogP contribution < -0.4 is 16.5 Å². The molecule has 12 heteroatoms. The summed E-state index contributed by atoms with van der Waals surface area (Å²) < 4.78 is 21.4. The molecule has 2 aliphatic heterocycles. The molecule has 0 aromatic carbocycles. The molecule has 0 aromatic heterocycles. The van der Waals surface area contributed by atoms with Gasteiger partial charge in [0, 0.05) is 37.2 Å². The molecule has 198 valence electrons. The van der Waals surface area contributed by atoms with Gasteiger partial charge in [-0.25, -0.2) is 4.79 Å². The predicted molar refractivity (Wildman–Crippen MR) is 129 cm³/mol. The second-order valence-corrected chi connectivity index (χ2v) is 9.41. The number of ether oxygens (including phenoxy) is 4. The maximum atomic E-state index is 12.4. The molecule has 11 nitrogen and oxygen atoms in total. The SMILES string of the molecule is CCOCCOCCN1C(=O)N[C@@H]2CS[C@H](CCCCC(=O)ONC(N)COCCOCC)[C@@H]21. The number of carbonyl (C=O) groups is 2. The number of thioether (sulfide) groups is 1. The fourth-order valence-electron chi connectivity index (χ4n) is 3.95. The summed E-state index contributed by atoms with van der Waals surface area (Å²) in [5.74, 6) is 0.574. The van der Waals surface area contributed by atoms with Gasteiger partial charge in [0.1, 0.15) is 6.17 Å². The van der Waals surface area contributed by atoms with E-state index >= 15 is 0 Å². The topological polar surface area (TPSA) is 134 Å². The number of hydrogen-bond acceptors (Lipinski definition) is 10. The molecule has 0 radical (unpaired) electrons. The number of carbonyl (C=O) groups excluding carboxylic acids is 2. The Hall–Kier alpha value is -1.15. The molecule has 4 N–H and O–H groups in total. The molecule has 34 heavy (non-hydrogen) atoms. The Labute approximate surface area is 207 Å². The molecule has 2 saturated heterocycles. The maximum absolute atomic E-state index is 12.4. The molecular formula is C22H42N4O7S. The zero-order valence-electron chi connectivity index (χ0n) is 20.5. The largest absolute Gasteiger partial charge is 0.379 e. The van der Waals surface area contributed by atoms with Gasteiger partial charge in [-0.05, 0) is 26.7 Å². The molecule has 0 bridgehead atoms. The highest BCUT2D eigenvalue weighted by molar-refractivity contribution is 8.00. The zero-order valence-corrected chi connectivity index (χ0v) is 21.3. The van der Waals surface area contributed by atoms with Crippen LogP contribution in [0.2, 0.25) is 0 Å². The molecular weight excluding hydrogens is 464 g/mol. The minimum Gasteiger partial charge on any atom is -0.379 e. The highest BCUT2D eigenvalue weighted by Gasteiger charge is 2.47. The van der Waals surface area contributed by atoms with E-state index in [0.29, 0.717) is 64.5 Å². The summed E-state index contributed by atoms with van der Waals surface area (Å²) in [5.41, 5.74) is 8.32. The van der Waals surface area contributed by atoms with Gasteiger partial charge in [0.05, 0.1) is 51.7 Å². The van der Waals surface area contributed by atoms with Crippen molar-refractivity contribution in [3.05, 3.63) is 0 Å². The maximum Gasteiger partial charge on any atom is 0.324 e. The number of rotatable bonds is 20. The minimum absolute atomic E-state index is 0.0124. The normalized spacial score (nSPS) is 22.6. The number of nitrogens with one attached hydrogen (secondary N) is 2. The van der Waals surface area contributed by atoms with Crippen molar-refractivity contribution in [1.29, 1.82) is 0 Å². The lowest BCUT2D eigenvalue weighted by molar-refractivity contribution is -0.154. The third-order valence-electron chi connectivity index (χ3n) is 5.58. The van der Waals surface area contributed by atoms with Crippen molar-refractivity contribution in [3.8, 4) is 0 Å². The van der Waals surface area contributed by atoms with Gasteiger partial charge in [0.15, 0.2) is 0 Å². The summed E-state index contributed by atoms with van der Waals surface area (Å²) in [6, 6.07) is 0.334. The Balaban J connectivity index is 1.57. The first-order valence-corrected chi connectivity index (χ1v) is 13.3. The van der Waals surface area contributed by atoms with Crippen molar-refractivity contribution >= 4 is 23.8 Å². The predicted octanol–water partition coefficient (Wildman–Crippen LogP) is 0.863. The standard InChI is InChI=1S/C22H42N4O7S/c1-3-29-11-13-31-10-9-26-21-17(24-22(26)28)16-34-18(21)7-5-6-8-20(27)33-25-19(23)15-32-14-12-30-4-2/h17-19,21,25H,3-16,23H2,1-2H3,(H,24,28)/t17-,18-,19?,21-/m1/s1. The Kier molecular flexibility index (Phi) is 14.8. The quantitative estimate of drug-likeness (QED) is 0.0945. The van der Waals surface area contributed by atoms with Gasteiger partial charge in [-0.2, -0.15) is 11.8 Å². The number of amides is 2. The van der Waals surface area contributed by atoms with E-state index in [1.165, 1.54) is 0 Å². The van der Waals surface area contributed by atoms with Gasteiger partial charge in [0.2, 0.25) is 0 Å². The number of unbranched alkanes of at least 4 members (excludes halogenated alkanes) is 1. The first-order valence-electron chi connectivity index (χ1n) is 12.3. The van der Waals surface area contributed by atoms with Crippen LogP contribution in [0, 0.1) is 0 Å². The van der Waals surface area contributed by atoms with Crippen molar-refractivity contribution in [2.75, 3.05) is 65.2 Å². The van der Waals surface area contributed by atoms with Crippen LogP contribution in [0.25, 0.3) is 0 Å². The zero-order chi connectivity index (χ0) is 24.6. The highest BCUT2D eigenvalue weighted by Crippen LogP contribution is 2.37. The van der Waals surface area contributed by atoms with Crippen LogP contribution in [0.3, 0.4) is 0 Å². The average molecular weight is 507 g/mol. The molecule has 2 aliphatic rings. The minimum atomic E-state index is -0.584. The average Bonchev–Trinajstić information content (AvgIpc) is 3.35. The summed E-state index contributed by atoms with van der Waals surface area (Å²) in [7, 11) is 0. The van der Waals surface area contributed by atoms with Gasteiger partial charge >= 0.3 is 12.0 Å². The van der Waals surface area contributed by atoms with Crippen LogP contribution in [-0.2, 0) is 28.6 Å². The van der Waals surface area contributed by atoms with Gasteiger partial charge in [-0.15, -0.1) is 5.48 Å². The summed E-state index contributed by atoms with van der Waals surface area (Å²) in [6.45, 7) is 8.53. The Morgan fingerprint density at radius 1 is 1.12 bits per heavy atom. The van der Waals surface area contributed by atoms with Crippen LogP contribution >= 0.6 is 11.8 Å². The lowest BCUT2D eigenvalue weighted by atomic mass is 10.0. The van der Waals surface area contributed by atoms with E-state index in [2.05, 4.69) is 10.8 Å². The number of nitrogens with zero attached hydrogens (tertiary/aromatic N) is 1. The van der Waals surface area contributed by atoms with E-state index in [0.717, 1.165) is 25.0 Å². The number of nitrogens with two attached hydrogens (primary N) is 1. The Morgan fingerprint density at radius 2 is 1.82 bits per heavy atom. The monoisotopic (exact) mass is 506 g/mol. The van der Waals surface area contributed by atoms with E-state index in [1.807, 2.05) is 30.5 Å². The smallest absolute Gasteiger partial charge is 0.324 e. The van der Waals surface area contributed by atoms with Gasteiger partial charge in [0.25, 0.3) is 0 Å². The van der Waals surface area contributed by atoms with Crippen molar-refractivity contribution in [2.45, 2.75) is 63.0 Å². The van der Waals surface area contributed by atoms with Gasteiger partial charge in [-0.3, -0.25) is 4.79 Å². The molecule has 2 fully saturated rings. The molecule has 2 heterocycles. The van der Waals surface area contributed by atoms with E-state index in [1.54, 1.807) is 0 Å². The number of hydroxylamine groups is 1. The van der Waals surface area contributed by atoms with E-state index in [-0.39, 0.29) is 30.7 Å². The highest BCUT2D eigenvalue weighted by atomic mass is 32.2. The molecule has 2 rings (SSSR count). The Bertz CT molecular complexity index is 589. The molecule has 4 atom stereocenters. The van der Waals surface area contributed by atoms with Crippen molar-refractivity contribution in [3.63, 3.8) is 0 Å². The van der Waals surface area contributed by atoms with Crippen LogP contribution in [0.15, 0.2) is 0 Å². The first-order chi connectivity index (χ1) is 16.6. The van der Waals surface area contributed by atoms with Crippen molar-refractivity contribution in [2.24, 2.45) is 5.73 Å². The number of fused-ring (bicyclic) bond motifs is 1. The number of urea groups is 1. The van der Waals surface area contributed by atoms with Crippen LogP contribution in [0.5, 0.6) is 0 Å². The second kappa shape index (κ2) is 17.3. The molecule has 0 spiro atoms. The Morgan fingerprint density at radius 3 is 2.56 bits per heavy atom. The summed E-state index contributed by atoms with van der Waals surface area (Å²) in [5, 5.41) is 3.44. The molecule has 0 aliphatic carbocycles. The van der Waals surface area contributed by atoms with Gasteiger partial charge < -0.3 is 39.7 Å². The molecule has 2 amide bonds. The van der Waals surface area contributed by atoms with Crippen LogP contribution in [0.4, 0.5) is 4.79 Å². The van der Waals surface area contributed by atoms with Crippen molar-refractivity contribution in [1.82, 2.24) is 15.7 Å². The third kappa shape index (κ3) is 10.6. The third-order valence-corrected chi connectivity index (χ3v) is 7.08. The van der Waals surface area contributed by atoms with E-state index in [9.17, 15) is 9.59 Å². The van der Waals surface area contributed by atoms with Crippen LogP contribution in [-0.4, -0.2) is 106 Å². The summed E-state index contributed by atoms with van der Waals surface area (Å²) in [4.78, 5) is 31.3. The molecule has 0 aromatic rings. The lowest BCUT2D eigenvalue weighted by Crippen LogP contribution is -2.42. The number of hydrogen-bond donors (Lipinski definition) is 3. The van der Waals surface area contributed by atoms with E-state index in [4.69, 9.17) is 29.5 Å². The van der Waals surface area contributed by atoms with Crippen molar-refractivity contribution < 1.29 is 33.4 Å². The molecule has 1 unspecified atom stereocenters. The second-order valence-electron chi connectivity index (χ2n) is 8.14. The lowest BCUT2D eigenvalue weighted by Gasteiger charge is -2.27. The van der Waals surface area contributed by atoms with Crippen LogP contribution in [0.1, 0.15) is 39.5 Å². The summed E-state index contributed by atoms with van der Waals surface area (Å²) in [6.07, 6.45) is 2.27. The summed E-state index contributed by atoms with van der Waals surface area (Å²) >= 11 is 1.89. The fourth-order valence-corrected chi connectivity index (χ4v) is 5.55. The fraction of sp³-hybridized carbons (Fsp3) is 0.909.